The molecule has 1 heterocycles. The third kappa shape index (κ3) is 2.58. The van der Waals surface area contributed by atoms with E-state index in [9.17, 15) is 10.1 Å². The Morgan fingerprint density at radius 1 is 1.00 bits per heavy atom. The molecule has 0 saturated carbocycles. The topological polar surface area (TPSA) is 56.0 Å². The predicted molar refractivity (Wildman–Crippen MR) is 61.5 cm³/mol. The van der Waals surface area contributed by atoms with Gasteiger partial charge in [0, 0.05) is 34.3 Å². The minimum absolute atomic E-state index is 0.110. The van der Waals surface area contributed by atoms with Crippen LogP contribution in [-0.4, -0.2) is 9.91 Å². The first kappa shape index (κ1) is 10.6. The smallest absolute Gasteiger partial charge is 0.265 e. The van der Waals surface area contributed by atoms with Crippen LogP contribution in [0.4, 0.5) is 5.69 Å². The van der Waals surface area contributed by atoms with Crippen molar-refractivity contribution in [1.29, 1.82) is 0 Å². The number of nitro groups is 1. The Morgan fingerprint density at radius 3 is 2.12 bits per heavy atom. The number of aromatic nitrogens is 1. The molecule has 0 spiro atoms. The number of nitro benzene ring substituents is 1. The molecule has 0 aliphatic rings. The van der Waals surface area contributed by atoms with Crippen molar-refractivity contribution in [2.75, 3.05) is 0 Å². The largest absolute Gasteiger partial charge is 0.269 e. The van der Waals surface area contributed by atoms with Gasteiger partial charge in [0.05, 0.1) is 4.92 Å². The summed E-state index contributed by atoms with van der Waals surface area (Å²) in [7, 11) is 0. The lowest BCUT2D eigenvalue weighted by Gasteiger charge is -2.00. The third-order valence-electron chi connectivity index (χ3n) is 1.93. The van der Waals surface area contributed by atoms with Crippen molar-refractivity contribution < 1.29 is 4.92 Å². The molecule has 2 rings (SSSR count). The van der Waals surface area contributed by atoms with E-state index in [4.69, 9.17) is 0 Å². The Kier molecular flexibility index (Phi) is 3.16. The molecule has 5 heteroatoms. The molecule has 0 N–H and O–H groups in total. The summed E-state index contributed by atoms with van der Waals surface area (Å²) in [5.41, 5.74) is 0.110. The van der Waals surface area contributed by atoms with Gasteiger partial charge in [0.25, 0.3) is 5.69 Å². The standard InChI is InChI=1S/C11H8N2O2S/c14-13(15)9-1-3-10(4-2-9)16-11-5-7-12-8-6-11/h1-8H. The maximum absolute atomic E-state index is 10.5. The molecule has 0 fully saturated rings. The number of non-ortho nitro benzene ring substituents is 1. The summed E-state index contributed by atoms with van der Waals surface area (Å²) >= 11 is 1.55. The van der Waals surface area contributed by atoms with Gasteiger partial charge in [-0.2, -0.15) is 0 Å². The third-order valence-corrected chi connectivity index (χ3v) is 2.95. The fourth-order valence-corrected chi connectivity index (χ4v) is 1.98. The molecule has 0 unspecified atom stereocenters. The van der Waals surface area contributed by atoms with Crippen LogP contribution in [0.3, 0.4) is 0 Å². The number of hydrogen-bond donors (Lipinski definition) is 0. The van der Waals surface area contributed by atoms with Crippen LogP contribution in [0.25, 0.3) is 0 Å². The molecule has 0 aliphatic carbocycles. The van der Waals surface area contributed by atoms with Gasteiger partial charge in [0.1, 0.15) is 0 Å². The fourth-order valence-electron chi connectivity index (χ4n) is 1.18. The molecular formula is C11H8N2O2S. The van der Waals surface area contributed by atoms with Crippen molar-refractivity contribution in [3.63, 3.8) is 0 Å². The predicted octanol–water partition coefficient (Wildman–Crippen LogP) is 3.14. The van der Waals surface area contributed by atoms with Crippen LogP contribution in [0.5, 0.6) is 0 Å². The maximum atomic E-state index is 10.5. The summed E-state index contributed by atoms with van der Waals surface area (Å²) in [5.74, 6) is 0. The van der Waals surface area contributed by atoms with E-state index in [2.05, 4.69) is 4.98 Å². The SMILES string of the molecule is O=[N+]([O-])c1ccc(Sc2ccncc2)cc1. The highest BCUT2D eigenvalue weighted by molar-refractivity contribution is 7.99. The Balaban J connectivity index is 2.14. The first-order chi connectivity index (χ1) is 7.75. The van der Waals surface area contributed by atoms with Crippen LogP contribution in [0.15, 0.2) is 58.6 Å². The first-order valence-electron chi connectivity index (χ1n) is 4.58. The van der Waals surface area contributed by atoms with Gasteiger partial charge >= 0.3 is 0 Å². The Morgan fingerprint density at radius 2 is 1.56 bits per heavy atom. The van der Waals surface area contributed by atoms with Crippen molar-refractivity contribution in [1.82, 2.24) is 4.98 Å². The van der Waals surface area contributed by atoms with E-state index in [0.29, 0.717) is 0 Å². The van der Waals surface area contributed by atoms with E-state index in [0.717, 1.165) is 9.79 Å². The number of rotatable bonds is 3. The molecule has 0 atom stereocenters. The van der Waals surface area contributed by atoms with Crippen LogP contribution in [0.2, 0.25) is 0 Å². The second-order valence-electron chi connectivity index (χ2n) is 3.04. The van der Waals surface area contributed by atoms with Crippen LogP contribution in [-0.2, 0) is 0 Å². The van der Waals surface area contributed by atoms with E-state index in [1.165, 1.54) is 12.1 Å². The summed E-state index contributed by atoms with van der Waals surface area (Å²) in [4.78, 5) is 16.0. The second kappa shape index (κ2) is 4.76. The second-order valence-corrected chi connectivity index (χ2v) is 4.18. The summed E-state index contributed by atoms with van der Waals surface area (Å²) in [6, 6.07) is 10.3. The van der Waals surface area contributed by atoms with Gasteiger partial charge in [-0.05, 0) is 24.3 Å². The molecule has 2 aromatic rings. The summed E-state index contributed by atoms with van der Waals surface area (Å²) in [5, 5.41) is 10.5. The zero-order valence-electron chi connectivity index (χ0n) is 8.24. The summed E-state index contributed by atoms with van der Waals surface area (Å²) in [6.45, 7) is 0. The molecule has 80 valence electrons. The molecule has 0 saturated heterocycles. The molecule has 1 aromatic carbocycles. The lowest BCUT2D eigenvalue weighted by molar-refractivity contribution is -0.384. The van der Waals surface area contributed by atoms with Gasteiger partial charge in [-0.25, -0.2) is 0 Å². The molecular weight excluding hydrogens is 224 g/mol. The van der Waals surface area contributed by atoms with E-state index < -0.39 is 4.92 Å². The van der Waals surface area contributed by atoms with Crippen LogP contribution in [0, 0.1) is 10.1 Å². The van der Waals surface area contributed by atoms with E-state index in [-0.39, 0.29) is 5.69 Å². The number of pyridine rings is 1. The van der Waals surface area contributed by atoms with E-state index >= 15 is 0 Å². The van der Waals surface area contributed by atoms with Crippen molar-refractivity contribution in [3.05, 3.63) is 58.9 Å². The van der Waals surface area contributed by atoms with Crippen LogP contribution >= 0.6 is 11.8 Å². The number of hydrogen-bond acceptors (Lipinski definition) is 4. The monoisotopic (exact) mass is 232 g/mol. The average molecular weight is 232 g/mol. The highest BCUT2D eigenvalue weighted by atomic mass is 32.2. The molecule has 1 aromatic heterocycles. The Labute approximate surface area is 96.5 Å². The Hall–Kier alpha value is -1.88. The minimum Gasteiger partial charge on any atom is -0.265 e. The van der Waals surface area contributed by atoms with Crippen molar-refractivity contribution in [3.8, 4) is 0 Å². The maximum Gasteiger partial charge on any atom is 0.269 e. The zero-order chi connectivity index (χ0) is 11.4. The van der Waals surface area contributed by atoms with Gasteiger partial charge < -0.3 is 0 Å². The minimum atomic E-state index is -0.402. The zero-order valence-corrected chi connectivity index (χ0v) is 9.05. The van der Waals surface area contributed by atoms with Gasteiger partial charge in [0.15, 0.2) is 0 Å². The van der Waals surface area contributed by atoms with E-state index in [1.54, 1.807) is 36.3 Å². The van der Waals surface area contributed by atoms with Gasteiger partial charge in [-0.15, -0.1) is 0 Å². The number of benzene rings is 1. The normalized spacial score (nSPS) is 10.0. The Bertz CT molecular complexity index is 485. The summed E-state index contributed by atoms with van der Waals surface area (Å²) < 4.78 is 0. The van der Waals surface area contributed by atoms with Gasteiger partial charge in [-0.3, -0.25) is 15.1 Å². The van der Waals surface area contributed by atoms with Crippen LogP contribution in [0.1, 0.15) is 0 Å². The average Bonchev–Trinajstić information content (AvgIpc) is 2.31. The summed E-state index contributed by atoms with van der Waals surface area (Å²) in [6.07, 6.45) is 3.43. The van der Waals surface area contributed by atoms with Crippen molar-refractivity contribution in [2.45, 2.75) is 9.79 Å². The highest BCUT2D eigenvalue weighted by Crippen LogP contribution is 2.28. The number of nitrogens with zero attached hydrogens (tertiary/aromatic N) is 2. The fraction of sp³-hybridized carbons (Fsp3) is 0. The lowest BCUT2D eigenvalue weighted by Crippen LogP contribution is -1.86. The first-order valence-corrected chi connectivity index (χ1v) is 5.40. The molecule has 0 bridgehead atoms. The van der Waals surface area contributed by atoms with Gasteiger partial charge in [0.2, 0.25) is 0 Å². The van der Waals surface area contributed by atoms with Gasteiger partial charge in [-0.1, -0.05) is 11.8 Å². The molecule has 4 nitrogen and oxygen atoms in total. The van der Waals surface area contributed by atoms with E-state index in [1.807, 2.05) is 12.1 Å². The lowest BCUT2D eigenvalue weighted by atomic mass is 10.3. The molecule has 0 radical (unpaired) electrons. The molecule has 16 heavy (non-hydrogen) atoms. The highest BCUT2D eigenvalue weighted by Gasteiger charge is 2.04. The molecule has 0 amide bonds. The van der Waals surface area contributed by atoms with Crippen molar-refractivity contribution >= 4 is 17.4 Å². The van der Waals surface area contributed by atoms with Crippen molar-refractivity contribution in [2.24, 2.45) is 0 Å². The molecule has 0 aliphatic heterocycles. The quantitative estimate of drug-likeness (QED) is 0.602. The van der Waals surface area contributed by atoms with Crippen LogP contribution < -0.4 is 0 Å².